The highest BCUT2D eigenvalue weighted by molar-refractivity contribution is 5.92. The summed E-state index contributed by atoms with van der Waals surface area (Å²) in [5, 5.41) is 5.78. The highest BCUT2D eigenvalue weighted by atomic mass is 16.5. The predicted octanol–water partition coefficient (Wildman–Crippen LogP) is 3.37. The van der Waals surface area contributed by atoms with Crippen molar-refractivity contribution in [3.63, 3.8) is 0 Å². The van der Waals surface area contributed by atoms with Crippen molar-refractivity contribution in [3.8, 4) is 11.5 Å². The number of amides is 1. The van der Waals surface area contributed by atoms with Gasteiger partial charge in [0, 0.05) is 12.6 Å². The van der Waals surface area contributed by atoms with Gasteiger partial charge in [0.15, 0.2) is 5.96 Å². The average molecular weight is 370 g/mol. The summed E-state index contributed by atoms with van der Waals surface area (Å²) < 4.78 is 10.8. The SMILES string of the molecule is COc1ccc(CN=C(N)Nc2ccc(OC(C)C)cc2)cc1NC(C)=O. The third-order valence-electron chi connectivity index (χ3n) is 3.51. The van der Waals surface area contributed by atoms with Gasteiger partial charge in [0.25, 0.3) is 0 Å². The van der Waals surface area contributed by atoms with Crippen LogP contribution >= 0.6 is 0 Å². The first-order chi connectivity index (χ1) is 12.9. The Labute approximate surface area is 159 Å². The summed E-state index contributed by atoms with van der Waals surface area (Å²) in [5.74, 6) is 1.52. The number of nitrogens with one attached hydrogen (secondary N) is 2. The first-order valence-corrected chi connectivity index (χ1v) is 8.65. The van der Waals surface area contributed by atoms with Crippen LogP contribution in [-0.2, 0) is 11.3 Å². The predicted molar refractivity (Wildman–Crippen MR) is 108 cm³/mol. The van der Waals surface area contributed by atoms with Crippen LogP contribution in [0, 0.1) is 0 Å². The molecule has 0 atom stereocenters. The van der Waals surface area contributed by atoms with Gasteiger partial charge in [-0.15, -0.1) is 0 Å². The van der Waals surface area contributed by atoms with Gasteiger partial charge >= 0.3 is 0 Å². The second-order valence-corrected chi connectivity index (χ2v) is 6.23. The van der Waals surface area contributed by atoms with Crippen molar-refractivity contribution in [1.29, 1.82) is 0 Å². The molecule has 0 saturated carbocycles. The van der Waals surface area contributed by atoms with E-state index in [1.807, 2.05) is 50.2 Å². The standard InChI is InChI=1S/C20H26N4O3/c1-13(2)27-17-8-6-16(7-9-17)24-20(21)22-12-15-5-10-19(26-4)18(11-15)23-14(3)25/h5-11,13H,12H2,1-4H3,(H,23,25)(H3,21,22,24). The molecule has 0 aliphatic carbocycles. The topological polar surface area (TPSA) is 98.0 Å². The lowest BCUT2D eigenvalue weighted by molar-refractivity contribution is -0.114. The van der Waals surface area contributed by atoms with Crippen molar-refractivity contribution < 1.29 is 14.3 Å². The molecule has 1 amide bonds. The fourth-order valence-corrected chi connectivity index (χ4v) is 2.39. The Morgan fingerprint density at radius 2 is 1.85 bits per heavy atom. The third kappa shape index (κ3) is 6.54. The summed E-state index contributed by atoms with van der Waals surface area (Å²) >= 11 is 0. The molecular formula is C20H26N4O3. The maximum absolute atomic E-state index is 11.3. The van der Waals surface area contributed by atoms with E-state index < -0.39 is 0 Å². The largest absolute Gasteiger partial charge is 0.495 e. The maximum Gasteiger partial charge on any atom is 0.221 e. The minimum atomic E-state index is -0.167. The zero-order valence-corrected chi connectivity index (χ0v) is 16.1. The Balaban J connectivity index is 2.01. The second kappa shape index (κ2) is 9.47. The average Bonchev–Trinajstić information content (AvgIpc) is 2.61. The zero-order chi connectivity index (χ0) is 19.8. The fourth-order valence-electron chi connectivity index (χ4n) is 2.39. The normalized spacial score (nSPS) is 11.2. The van der Waals surface area contributed by atoms with Gasteiger partial charge in [0.1, 0.15) is 11.5 Å². The molecule has 0 aliphatic rings. The van der Waals surface area contributed by atoms with E-state index in [0.717, 1.165) is 17.0 Å². The van der Waals surface area contributed by atoms with Crippen molar-refractivity contribution in [1.82, 2.24) is 0 Å². The van der Waals surface area contributed by atoms with E-state index in [1.54, 1.807) is 13.2 Å². The van der Waals surface area contributed by atoms with Crippen LogP contribution in [-0.4, -0.2) is 25.1 Å². The zero-order valence-electron chi connectivity index (χ0n) is 16.1. The number of anilines is 2. The van der Waals surface area contributed by atoms with Gasteiger partial charge in [0.05, 0.1) is 25.4 Å². The molecule has 0 fully saturated rings. The number of nitrogens with two attached hydrogens (primary N) is 1. The summed E-state index contributed by atoms with van der Waals surface area (Å²) in [6.07, 6.45) is 0.127. The molecule has 27 heavy (non-hydrogen) atoms. The van der Waals surface area contributed by atoms with Gasteiger partial charge in [-0.2, -0.15) is 0 Å². The van der Waals surface area contributed by atoms with Gasteiger partial charge in [-0.25, -0.2) is 4.99 Å². The van der Waals surface area contributed by atoms with Crippen LogP contribution in [0.1, 0.15) is 26.3 Å². The summed E-state index contributed by atoms with van der Waals surface area (Å²) in [4.78, 5) is 15.6. The molecule has 0 bridgehead atoms. The van der Waals surface area contributed by atoms with Gasteiger partial charge in [-0.05, 0) is 55.8 Å². The number of aliphatic imine (C=N–C) groups is 1. The van der Waals surface area contributed by atoms with E-state index in [0.29, 0.717) is 23.9 Å². The molecule has 7 nitrogen and oxygen atoms in total. The molecule has 0 heterocycles. The van der Waals surface area contributed by atoms with Gasteiger partial charge in [-0.3, -0.25) is 4.79 Å². The summed E-state index contributed by atoms with van der Waals surface area (Å²) in [6, 6.07) is 13.0. The van der Waals surface area contributed by atoms with E-state index in [2.05, 4.69) is 15.6 Å². The molecule has 0 spiro atoms. The number of ether oxygens (including phenoxy) is 2. The number of carbonyl (C=O) groups is 1. The number of guanidine groups is 1. The van der Waals surface area contributed by atoms with Crippen LogP contribution in [0.2, 0.25) is 0 Å². The molecule has 7 heteroatoms. The first-order valence-electron chi connectivity index (χ1n) is 8.65. The number of nitrogens with zero attached hydrogens (tertiary/aromatic N) is 1. The lowest BCUT2D eigenvalue weighted by Crippen LogP contribution is -2.22. The Bertz CT molecular complexity index is 801. The number of methoxy groups -OCH3 is 1. The van der Waals surface area contributed by atoms with Crippen molar-refractivity contribution >= 4 is 23.2 Å². The third-order valence-corrected chi connectivity index (χ3v) is 3.51. The number of carbonyl (C=O) groups excluding carboxylic acids is 1. The van der Waals surface area contributed by atoms with Crippen LogP contribution in [0.4, 0.5) is 11.4 Å². The quantitative estimate of drug-likeness (QED) is 0.513. The summed E-state index contributed by atoms with van der Waals surface area (Å²) in [5.41, 5.74) is 8.28. The molecule has 0 unspecified atom stereocenters. The number of hydrogen-bond acceptors (Lipinski definition) is 4. The van der Waals surface area contributed by atoms with Gasteiger partial charge < -0.3 is 25.8 Å². The van der Waals surface area contributed by atoms with E-state index in [4.69, 9.17) is 15.2 Å². The Morgan fingerprint density at radius 3 is 2.44 bits per heavy atom. The molecule has 0 radical (unpaired) electrons. The molecule has 2 aromatic rings. The van der Waals surface area contributed by atoms with Gasteiger partial charge in [-0.1, -0.05) is 6.07 Å². The van der Waals surface area contributed by atoms with Crippen molar-refractivity contribution in [2.24, 2.45) is 10.7 Å². The van der Waals surface area contributed by atoms with E-state index in [1.165, 1.54) is 6.92 Å². The molecule has 0 aliphatic heterocycles. The van der Waals surface area contributed by atoms with E-state index in [9.17, 15) is 4.79 Å². The Kier molecular flexibility index (Phi) is 7.05. The van der Waals surface area contributed by atoms with Crippen molar-refractivity contribution in [3.05, 3.63) is 48.0 Å². The Morgan fingerprint density at radius 1 is 1.15 bits per heavy atom. The number of rotatable bonds is 7. The van der Waals surface area contributed by atoms with Crippen LogP contribution in [0.15, 0.2) is 47.5 Å². The highest BCUT2D eigenvalue weighted by Crippen LogP contribution is 2.25. The van der Waals surface area contributed by atoms with Crippen LogP contribution in [0.25, 0.3) is 0 Å². The second-order valence-electron chi connectivity index (χ2n) is 6.23. The number of hydrogen-bond donors (Lipinski definition) is 3. The fraction of sp³-hybridized carbons (Fsp3) is 0.300. The van der Waals surface area contributed by atoms with Gasteiger partial charge in [0.2, 0.25) is 5.91 Å². The minimum absolute atomic E-state index is 0.127. The molecule has 2 rings (SSSR count). The molecule has 0 saturated heterocycles. The highest BCUT2D eigenvalue weighted by Gasteiger charge is 2.06. The first kappa shape index (κ1) is 20.1. The lowest BCUT2D eigenvalue weighted by Gasteiger charge is -2.11. The molecule has 4 N–H and O–H groups in total. The van der Waals surface area contributed by atoms with E-state index in [-0.39, 0.29) is 12.0 Å². The van der Waals surface area contributed by atoms with Crippen LogP contribution in [0.5, 0.6) is 11.5 Å². The molecule has 144 valence electrons. The molecule has 2 aromatic carbocycles. The lowest BCUT2D eigenvalue weighted by atomic mass is 10.2. The van der Waals surface area contributed by atoms with Crippen molar-refractivity contribution in [2.75, 3.05) is 17.7 Å². The Hall–Kier alpha value is -3.22. The molecular weight excluding hydrogens is 344 g/mol. The summed E-state index contributed by atoms with van der Waals surface area (Å²) in [7, 11) is 1.55. The summed E-state index contributed by atoms with van der Waals surface area (Å²) in [6.45, 7) is 5.77. The minimum Gasteiger partial charge on any atom is -0.495 e. The maximum atomic E-state index is 11.3. The van der Waals surface area contributed by atoms with Crippen molar-refractivity contribution in [2.45, 2.75) is 33.4 Å². The monoisotopic (exact) mass is 370 g/mol. The molecule has 0 aromatic heterocycles. The van der Waals surface area contributed by atoms with Crippen LogP contribution in [0.3, 0.4) is 0 Å². The van der Waals surface area contributed by atoms with E-state index >= 15 is 0 Å². The smallest absolute Gasteiger partial charge is 0.221 e. The van der Waals surface area contributed by atoms with Crippen LogP contribution < -0.4 is 25.8 Å². The number of benzene rings is 2.